The van der Waals surface area contributed by atoms with Crippen molar-refractivity contribution in [1.29, 1.82) is 0 Å². The smallest absolute Gasteiger partial charge is 0.320 e. The molecule has 0 aliphatic heterocycles. The number of nitrogens with two attached hydrogens (primary N) is 2. The van der Waals surface area contributed by atoms with E-state index in [4.69, 9.17) is 16.7 Å². The second kappa shape index (κ2) is 9.98. The molecule has 0 aromatic carbocycles. The molecule has 0 aliphatic carbocycles. The van der Waals surface area contributed by atoms with E-state index in [0.29, 0.717) is 12.0 Å². The standard InChI is InChI=1S/C6H7N3O.C6H13NO2/c7-9-6(10)5-1-3-8-4-2-5;1-2-3-4-5(7)6(8)9/h1-4H,7H2,(H,9,10);5H,2-4,7H2,1H3,(H,8,9). The van der Waals surface area contributed by atoms with E-state index < -0.39 is 12.0 Å². The highest BCUT2D eigenvalue weighted by molar-refractivity contribution is 5.93. The van der Waals surface area contributed by atoms with Gasteiger partial charge in [0.1, 0.15) is 6.04 Å². The Bertz CT molecular complexity index is 384. The summed E-state index contributed by atoms with van der Waals surface area (Å²) in [7, 11) is 0. The fraction of sp³-hybridized carbons (Fsp3) is 0.417. The lowest BCUT2D eigenvalue weighted by molar-refractivity contribution is -0.138. The summed E-state index contributed by atoms with van der Waals surface area (Å²) in [5.41, 5.74) is 7.73. The van der Waals surface area contributed by atoms with Crippen LogP contribution in [-0.4, -0.2) is 28.0 Å². The van der Waals surface area contributed by atoms with Gasteiger partial charge in [-0.05, 0) is 18.6 Å². The average molecular weight is 268 g/mol. The molecule has 0 saturated carbocycles. The van der Waals surface area contributed by atoms with Crippen LogP contribution in [0, 0.1) is 0 Å². The largest absolute Gasteiger partial charge is 0.480 e. The van der Waals surface area contributed by atoms with Crippen LogP contribution in [0.3, 0.4) is 0 Å². The van der Waals surface area contributed by atoms with Gasteiger partial charge in [-0.15, -0.1) is 0 Å². The quantitative estimate of drug-likeness (QED) is 0.344. The van der Waals surface area contributed by atoms with Crippen molar-refractivity contribution in [3.8, 4) is 0 Å². The SMILES string of the molecule is CCCCC(N)C(=O)O.NNC(=O)c1ccncc1. The van der Waals surface area contributed by atoms with Gasteiger partial charge in [0.25, 0.3) is 5.91 Å². The predicted molar refractivity (Wildman–Crippen MR) is 71.0 cm³/mol. The first-order valence-electron chi connectivity index (χ1n) is 5.92. The fourth-order valence-electron chi connectivity index (χ4n) is 1.13. The fourth-order valence-corrected chi connectivity index (χ4v) is 1.13. The first-order valence-corrected chi connectivity index (χ1v) is 5.92. The molecule has 7 nitrogen and oxygen atoms in total. The number of amides is 1. The number of nitrogens with one attached hydrogen (secondary N) is 1. The first-order chi connectivity index (χ1) is 9.02. The number of hydrogen-bond acceptors (Lipinski definition) is 5. The maximum atomic E-state index is 10.7. The Morgan fingerprint density at radius 2 is 2.00 bits per heavy atom. The summed E-state index contributed by atoms with van der Waals surface area (Å²) in [5.74, 6) is 3.68. The Morgan fingerprint density at radius 3 is 2.42 bits per heavy atom. The van der Waals surface area contributed by atoms with Crippen LogP contribution in [-0.2, 0) is 4.79 Å². The third-order valence-electron chi connectivity index (χ3n) is 2.26. The molecule has 0 aliphatic rings. The highest BCUT2D eigenvalue weighted by Crippen LogP contribution is 1.97. The van der Waals surface area contributed by atoms with E-state index in [0.717, 1.165) is 12.8 Å². The number of aromatic nitrogens is 1. The number of unbranched alkanes of at least 4 members (excludes halogenated alkanes) is 1. The highest BCUT2D eigenvalue weighted by Gasteiger charge is 2.08. The van der Waals surface area contributed by atoms with Crippen LogP contribution >= 0.6 is 0 Å². The first kappa shape index (κ1) is 17.0. The second-order valence-electron chi connectivity index (χ2n) is 3.80. The van der Waals surface area contributed by atoms with Crippen LogP contribution in [0.15, 0.2) is 24.5 Å². The van der Waals surface area contributed by atoms with E-state index in [1.807, 2.05) is 12.3 Å². The second-order valence-corrected chi connectivity index (χ2v) is 3.80. The Morgan fingerprint density at radius 1 is 1.42 bits per heavy atom. The summed E-state index contributed by atoms with van der Waals surface area (Å²) in [6, 6.07) is 2.51. The minimum Gasteiger partial charge on any atom is -0.480 e. The molecule has 1 rings (SSSR count). The summed E-state index contributed by atoms with van der Waals surface area (Å²) in [6.45, 7) is 2.01. The number of pyridine rings is 1. The van der Waals surface area contributed by atoms with Gasteiger partial charge in [-0.25, -0.2) is 5.84 Å². The number of carboxylic acid groups (broad SMARTS) is 1. The Balaban J connectivity index is 0.000000344. The maximum Gasteiger partial charge on any atom is 0.320 e. The Kier molecular flexibility index (Phi) is 8.94. The van der Waals surface area contributed by atoms with Crippen LogP contribution in [0.5, 0.6) is 0 Å². The van der Waals surface area contributed by atoms with Crippen molar-refractivity contribution in [2.75, 3.05) is 0 Å². The zero-order valence-electron chi connectivity index (χ0n) is 10.9. The predicted octanol–water partition coefficient (Wildman–Crippen LogP) is 0.274. The molecule has 1 amide bonds. The molecular formula is C12H20N4O3. The van der Waals surface area contributed by atoms with Crippen LogP contribution in [0.4, 0.5) is 0 Å². The lowest BCUT2D eigenvalue weighted by Crippen LogP contribution is -2.29. The molecule has 19 heavy (non-hydrogen) atoms. The van der Waals surface area contributed by atoms with Gasteiger partial charge in [0.05, 0.1) is 0 Å². The normalized spacial score (nSPS) is 10.9. The van der Waals surface area contributed by atoms with Crippen molar-refractivity contribution in [2.24, 2.45) is 11.6 Å². The van der Waals surface area contributed by atoms with E-state index in [1.165, 1.54) is 12.4 Å². The minimum atomic E-state index is -0.900. The van der Waals surface area contributed by atoms with Crippen molar-refractivity contribution in [3.63, 3.8) is 0 Å². The molecule has 1 aromatic rings. The molecule has 106 valence electrons. The molecule has 6 N–H and O–H groups in total. The Hall–Kier alpha value is -1.99. The number of carboxylic acids is 1. The van der Waals surface area contributed by atoms with Gasteiger partial charge in [-0.3, -0.25) is 20.0 Å². The molecule has 1 atom stereocenters. The molecule has 0 fully saturated rings. The van der Waals surface area contributed by atoms with Gasteiger partial charge in [0.2, 0.25) is 0 Å². The molecule has 1 heterocycles. The van der Waals surface area contributed by atoms with Gasteiger partial charge in [-0.1, -0.05) is 19.8 Å². The summed E-state index contributed by atoms with van der Waals surface area (Å²) in [4.78, 5) is 24.6. The highest BCUT2D eigenvalue weighted by atomic mass is 16.4. The molecule has 1 unspecified atom stereocenters. The molecule has 0 radical (unpaired) electrons. The lowest BCUT2D eigenvalue weighted by Gasteiger charge is -2.02. The zero-order chi connectivity index (χ0) is 14.7. The van der Waals surface area contributed by atoms with Gasteiger partial charge < -0.3 is 10.8 Å². The Labute approximate surface area is 112 Å². The molecule has 1 aromatic heterocycles. The monoisotopic (exact) mass is 268 g/mol. The van der Waals surface area contributed by atoms with E-state index in [9.17, 15) is 9.59 Å². The van der Waals surface area contributed by atoms with E-state index >= 15 is 0 Å². The summed E-state index contributed by atoms with van der Waals surface area (Å²) >= 11 is 0. The number of nitrogens with zero attached hydrogens (tertiary/aromatic N) is 1. The zero-order valence-corrected chi connectivity index (χ0v) is 10.9. The van der Waals surface area contributed by atoms with Crippen molar-refractivity contribution in [1.82, 2.24) is 10.4 Å². The van der Waals surface area contributed by atoms with Crippen molar-refractivity contribution >= 4 is 11.9 Å². The van der Waals surface area contributed by atoms with Crippen molar-refractivity contribution in [2.45, 2.75) is 32.2 Å². The van der Waals surface area contributed by atoms with Crippen LogP contribution in [0.1, 0.15) is 36.5 Å². The van der Waals surface area contributed by atoms with E-state index in [-0.39, 0.29) is 5.91 Å². The maximum absolute atomic E-state index is 10.7. The number of carbonyl (C=O) groups is 2. The van der Waals surface area contributed by atoms with Crippen LogP contribution in [0.25, 0.3) is 0 Å². The minimum absolute atomic E-state index is 0.303. The average Bonchev–Trinajstić information content (AvgIpc) is 2.45. The number of hydrazine groups is 1. The number of hydrogen-bond donors (Lipinski definition) is 4. The lowest BCUT2D eigenvalue weighted by atomic mass is 10.1. The third kappa shape index (κ3) is 7.85. The van der Waals surface area contributed by atoms with Gasteiger partial charge in [0.15, 0.2) is 0 Å². The molecule has 0 bridgehead atoms. The third-order valence-corrected chi connectivity index (χ3v) is 2.26. The van der Waals surface area contributed by atoms with Crippen molar-refractivity contribution in [3.05, 3.63) is 30.1 Å². The van der Waals surface area contributed by atoms with Gasteiger partial charge in [-0.2, -0.15) is 0 Å². The van der Waals surface area contributed by atoms with E-state index in [2.05, 4.69) is 4.98 Å². The van der Waals surface area contributed by atoms with E-state index in [1.54, 1.807) is 12.1 Å². The summed E-state index contributed by atoms with van der Waals surface area (Å²) in [6.07, 6.45) is 5.55. The number of rotatable bonds is 5. The number of aliphatic carboxylic acids is 1. The number of nitrogen functional groups attached to an aromatic ring is 1. The molecular weight excluding hydrogens is 248 g/mol. The van der Waals surface area contributed by atoms with Gasteiger partial charge >= 0.3 is 5.97 Å². The molecule has 7 heteroatoms. The van der Waals surface area contributed by atoms with Crippen molar-refractivity contribution < 1.29 is 14.7 Å². The summed E-state index contributed by atoms with van der Waals surface area (Å²) in [5, 5.41) is 8.28. The van der Waals surface area contributed by atoms with Crippen LogP contribution in [0.2, 0.25) is 0 Å². The topological polar surface area (TPSA) is 131 Å². The van der Waals surface area contributed by atoms with Gasteiger partial charge in [0, 0.05) is 18.0 Å². The molecule has 0 spiro atoms. The van der Waals surface area contributed by atoms with Crippen LogP contribution < -0.4 is 17.0 Å². The molecule has 0 saturated heterocycles. The summed E-state index contributed by atoms with van der Waals surface area (Å²) < 4.78 is 0. The number of carbonyl (C=O) groups excluding carboxylic acids is 1.